The van der Waals surface area contributed by atoms with Crippen LogP contribution >= 0.6 is 15.9 Å². The van der Waals surface area contributed by atoms with Gasteiger partial charge in [-0.05, 0) is 41.8 Å². The molecule has 0 unspecified atom stereocenters. The summed E-state index contributed by atoms with van der Waals surface area (Å²) in [4.78, 5) is 29.5. The van der Waals surface area contributed by atoms with Crippen molar-refractivity contribution >= 4 is 38.8 Å². The summed E-state index contributed by atoms with van der Waals surface area (Å²) in [5.74, 6) is 0.0881. The molecular weight excluding hydrogens is 398 g/mol. The van der Waals surface area contributed by atoms with Gasteiger partial charge in [0.2, 0.25) is 5.91 Å². The van der Waals surface area contributed by atoms with E-state index in [4.69, 9.17) is 5.11 Å². The zero-order valence-corrected chi connectivity index (χ0v) is 16.7. The lowest BCUT2D eigenvalue weighted by Gasteiger charge is -2.30. The van der Waals surface area contributed by atoms with Crippen LogP contribution in [0.2, 0.25) is 0 Å². The van der Waals surface area contributed by atoms with E-state index in [-0.39, 0.29) is 17.9 Å². The van der Waals surface area contributed by atoms with E-state index in [0.29, 0.717) is 12.5 Å². The van der Waals surface area contributed by atoms with Crippen LogP contribution in [-0.2, 0) is 4.79 Å². The number of benzene rings is 1. The molecule has 140 valence electrons. The van der Waals surface area contributed by atoms with Crippen molar-refractivity contribution in [2.75, 3.05) is 6.54 Å². The molecule has 3 atom stereocenters. The molecule has 2 amide bonds. The number of aromatic nitrogens is 1. The molecule has 3 rings (SSSR count). The first-order chi connectivity index (χ1) is 12.3. The summed E-state index contributed by atoms with van der Waals surface area (Å²) in [5.41, 5.74) is 2.01. The maximum atomic E-state index is 13.1. The van der Waals surface area contributed by atoms with Crippen LogP contribution in [0.1, 0.15) is 38.9 Å². The van der Waals surface area contributed by atoms with E-state index in [2.05, 4.69) is 39.2 Å². The van der Waals surface area contributed by atoms with Crippen molar-refractivity contribution in [2.45, 2.75) is 39.3 Å². The molecule has 0 saturated carbocycles. The van der Waals surface area contributed by atoms with Crippen LogP contribution in [0.4, 0.5) is 4.79 Å². The number of carbonyl (C=O) groups excluding carboxylic acids is 1. The third-order valence-electron chi connectivity index (χ3n) is 4.97. The largest absolute Gasteiger partial charge is 0.465 e. The summed E-state index contributed by atoms with van der Waals surface area (Å²) < 4.78 is 0.997. The highest BCUT2D eigenvalue weighted by Crippen LogP contribution is 2.37. The molecule has 0 aliphatic carbocycles. The number of H-pyrrole nitrogens is 1. The minimum absolute atomic E-state index is 0.0690. The first-order valence-electron chi connectivity index (χ1n) is 8.84. The maximum absolute atomic E-state index is 13.1. The number of halogens is 1. The number of nitrogens with zero attached hydrogens (tertiary/aromatic N) is 1. The second-order valence-electron chi connectivity index (χ2n) is 7.47. The van der Waals surface area contributed by atoms with E-state index in [0.717, 1.165) is 27.5 Å². The monoisotopic (exact) mass is 421 g/mol. The van der Waals surface area contributed by atoms with Gasteiger partial charge >= 0.3 is 6.09 Å². The van der Waals surface area contributed by atoms with Crippen LogP contribution in [0.3, 0.4) is 0 Å². The van der Waals surface area contributed by atoms with E-state index in [1.165, 1.54) is 0 Å². The summed E-state index contributed by atoms with van der Waals surface area (Å²) in [7, 11) is 0. The number of aromatic amines is 1. The molecule has 1 aliphatic heterocycles. The molecule has 0 radical (unpaired) electrons. The number of amides is 2. The Hall–Kier alpha value is -2.02. The molecule has 1 saturated heterocycles. The summed E-state index contributed by atoms with van der Waals surface area (Å²) in [6.45, 7) is 6.46. The van der Waals surface area contributed by atoms with E-state index in [9.17, 15) is 9.59 Å². The first-order valence-corrected chi connectivity index (χ1v) is 9.63. The Labute approximate surface area is 161 Å². The zero-order chi connectivity index (χ0) is 19.0. The van der Waals surface area contributed by atoms with Crippen molar-refractivity contribution in [3.63, 3.8) is 0 Å². The van der Waals surface area contributed by atoms with Crippen molar-refractivity contribution < 1.29 is 14.7 Å². The lowest BCUT2D eigenvalue weighted by molar-refractivity contribution is -0.135. The number of fused-ring (bicyclic) bond motifs is 1. The van der Waals surface area contributed by atoms with Crippen LogP contribution in [-0.4, -0.2) is 39.6 Å². The Morgan fingerprint density at radius 2 is 2.08 bits per heavy atom. The van der Waals surface area contributed by atoms with Gasteiger partial charge in [-0.1, -0.05) is 42.8 Å². The molecule has 0 bridgehead atoms. The smallest absolute Gasteiger partial charge is 0.405 e. The number of carbonyl (C=O) groups is 2. The topological polar surface area (TPSA) is 85.4 Å². The average molecular weight is 422 g/mol. The van der Waals surface area contributed by atoms with Gasteiger partial charge in [0.05, 0.1) is 6.04 Å². The first kappa shape index (κ1) is 18.8. The summed E-state index contributed by atoms with van der Waals surface area (Å²) in [6.07, 6.45) is -0.311. The molecule has 2 heterocycles. The zero-order valence-electron chi connectivity index (χ0n) is 15.1. The minimum Gasteiger partial charge on any atom is -0.465 e. The molecule has 1 aromatic carbocycles. The molecule has 7 heteroatoms. The molecule has 1 aliphatic rings. The Morgan fingerprint density at radius 1 is 1.35 bits per heavy atom. The fourth-order valence-corrected chi connectivity index (χ4v) is 4.07. The minimum atomic E-state index is -1.17. The van der Waals surface area contributed by atoms with Gasteiger partial charge in [0.25, 0.3) is 0 Å². The van der Waals surface area contributed by atoms with Crippen LogP contribution in [0.25, 0.3) is 10.9 Å². The number of rotatable bonds is 4. The van der Waals surface area contributed by atoms with Gasteiger partial charge in [-0.3, -0.25) is 4.79 Å². The number of likely N-dealkylation sites (tertiary alicyclic amines) is 1. The van der Waals surface area contributed by atoms with Gasteiger partial charge in [-0.25, -0.2) is 4.79 Å². The van der Waals surface area contributed by atoms with Gasteiger partial charge in [-0.15, -0.1) is 0 Å². The normalized spacial score (nSPS) is 21.3. The highest BCUT2D eigenvalue weighted by atomic mass is 79.9. The number of hydrogen-bond acceptors (Lipinski definition) is 2. The molecule has 1 aromatic heterocycles. The van der Waals surface area contributed by atoms with E-state index in [1.54, 1.807) is 0 Å². The standard InChI is InChI=1S/C19H24BrN3O3/c1-10(2)17(22-19(25)26)18(24)23-9-11(3)6-16(23)15-7-12-4-5-13(20)8-14(12)21-15/h4-5,7-8,10-11,16-17,21-22H,6,9H2,1-3H3,(H,25,26)/t11-,16-,17-/m0/s1. The number of nitrogens with one attached hydrogen (secondary N) is 2. The van der Waals surface area contributed by atoms with Crippen molar-refractivity contribution in [3.05, 3.63) is 34.4 Å². The van der Waals surface area contributed by atoms with Crippen LogP contribution in [0.15, 0.2) is 28.7 Å². The highest BCUT2D eigenvalue weighted by molar-refractivity contribution is 9.10. The Bertz CT molecular complexity index is 833. The van der Waals surface area contributed by atoms with E-state index < -0.39 is 12.1 Å². The maximum Gasteiger partial charge on any atom is 0.405 e. The lowest BCUT2D eigenvalue weighted by Crippen LogP contribution is -2.50. The quantitative estimate of drug-likeness (QED) is 0.693. The van der Waals surface area contributed by atoms with Crippen LogP contribution in [0, 0.1) is 11.8 Å². The van der Waals surface area contributed by atoms with Gasteiger partial charge < -0.3 is 20.3 Å². The Kier molecular flexibility index (Phi) is 5.27. The third-order valence-corrected chi connectivity index (χ3v) is 5.46. The van der Waals surface area contributed by atoms with E-state index >= 15 is 0 Å². The molecule has 1 fully saturated rings. The Morgan fingerprint density at radius 3 is 2.73 bits per heavy atom. The average Bonchev–Trinajstić information content (AvgIpc) is 3.14. The summed E-state index contributed by atoms with van der Waals surface area (Å²) >= 11 is 3.48. The third kappa shape index (κ3) is 3.72. The van der Waals surface area contributed by atoms with Gasteiger partial charge in [0, 0.05) is 22.2 Å². The second-order valence-corrected chi connectivity index (χ2v) is 8.39. The SMILES string of the molecule is CC(C)[C@H](NC(=O)O)C(=O)N1C[C@@H](C)C[C@H]1c1cc2ccc(Br)cc2[nH]1. The van der Waals surface area contributed by atoms with Gasteiger partial charge in [0.15, 0.2) is 0 Å². The van der Waals surface area contributed by atoms with Gasteiger partial charge in [-0.2, -0.15) is 0 Å². The molecule has 26 heavy (non-hydrogen) atoms. The molecule has 6 nitrogen and oxygen atoms in total. The Balaban J connectivity index is 1.91. The predicted octanol–water partition coefficient (Wildman–Crippen LogP) is 4.13. The lowest BCUT2D eigenvalue weighted by atomic mass is 10.0. The van der Waals surface area contributed by atoms with E-state index in [1.807, 2.05) is 36.9 Å². The number of hydrogen-bond donors (Lipinski definition) is 3. The number of carboxylic acid groups (broad SMARTS) is 1. The van der Waals surface area contributed by atoms with Crippen molar-refractivity contribution in [1.29, 1.82) is 0 Å². The predicted molar refractivity (Wildman–Crippen MR) is 104 cm³/mol. The van der Waals surface area contributed by atoms with Crippen LogP contribution in [0.5, 0.6) is 0 Å². The fraction of sp³-hybridized carbons (Fsp3) is 0.474. The summed E-state index contributed by atoms with van der Waals surface area (Å²) in [6, 6.07) is 7.32. The fourth-order valence-electron chi connectivity index (χ4n) is 3.71. The molecule has 3 N–H and O–H groups in total. The highest BCUT2D eigenvalue weighted by Gasteiger charge is 2.39. The van der Waals surface area contributed by atoms with Crippen molar-refractivity contribution in [1.82, 2.24) is 15.2 Å². The van der Waals surface area contributed by atoms with Gasteiger partial charge in [0.1, 0.15) is 6.04 Å². The molecule has 2 aromatic rings. The van der Waals surface area contributed by atoms with Crippen molar-refractivity contribution in [2.24, 2.45) is 11.8 Å². The second kappa shape index (κ2) is 7.31. The summed E-state index contributed by atoms with van der Waals surface area (Å²) in [5, 5.41) is 12.6. The van der Waals surface area contributed by atoms with Crippen LogP contribution < -0.4 is 5.32 Å². The molecule has 0 spiro atoms. The van der Waals surface area contributed by atoms with Crippen molar-refractivity contribution in [3.8, 4) is 0 Å². The molecular formula is C19H24BrN3O3.